The molecule has 0 aromatic rings. The van der Waals surface area contributed by atoms with Crippen LogP contribution in [-0.4, -0.2) is 37.3 Å². The number of hydroxylamine groups is 1. The van der Waals surface area contributed by atoms with Crippen molar-refractivity contribution >= 4 is 11.9 Å². The molecule has 1 heterocycles. The Bertz CT molecular complexity index is 592. The number of esters is 2. The number of hydrogen-bond acceptors (Lipinski definition) is 6. The molecule has 0 aliphatic carbocycles. The summed E-state index contributed by atoms with van der Waals surface area (Å²) in [6.07, 6.45) is 19.8. The highest BCUT2D eigenvalue weighted by molar-refractivity contribution is 5.78. The summed E-state index contributed by atoms with van der Waals surface area (Å²) in [5.74, 6) is -0.149. The summed E-state index contributed by atoms with van der Waals surface area (Å²) in [6.45, 7) is 8.56. The van der Waals surface area contributed by atoms with Crippen molar-refractivity contribution in [2.24, 2.45) is 11.8 Å². The summed E-state index contributed by atoms with van der Waals surface area (Å²) in [6, 6.07) is -0.511. The number of hydrogen-bond donors (Lipinski definition) is 1. The molecule has 1 saturated heterocycles. The highest BCUT2D eigenvalue weighted by Gasteiger charge is 2.43. The molecule has 204 valence electrons. The second-order valence-corrected chi connectivity index (χ2v) is 10.5. The fourth-order valence-electron chi connectivity index (χ4n) is 4.62. The predicted octanol–water partition coefficient (Wildman–Crippen LogP) is 7.06. The van der Waals surface area contributed by atoms with Gasteiger partial charge < -0.3 is 14.3 Å². The number of allylic oxidation sites excluding steroid dienone is 1. The largest absolute Gasteiger partial charge is 0.461 e. The molecular formula is C29H53NO5. The third-order valence-electron chi connectivity index (χ3n) is 6.71. The molecule has 0 spiro atoms. The second kappa shape index (κ2) is 19.7. The molecule has 0 radical (unpaired) electrons. The molecule has 0 bridgehead atoms. The fraction of sp³-hybridized carbons (Fsp3) is 0.862. The van der Waals surface area contributed by atoms with Crippen LogP contribution in [0, 0.1) is 11.8 Å². The van der Waals surface area contributed by atoms with E-state index in [0.717, 1.165) is 25.7 Å². The molecule has 35 heavy (non-hydrogen) atoms. The van der Waals surface area contributed by atoms with Crippen molar-refractivity contribution in [1.82, 2.24) is 5.48 Å². The van der Waals surface area contributed by atoms with Crippen molar-refractivity contribution in [1.29, 1.82) is 0 Å². The van der Waals surface area contributed by atoms with Crippen LogP contribution in [0.4, 0.5) is 0 Å². The first kappa shape index (κ1) is 31.6. The van der Waals surface area contributed by atoms with Gasteiger partial charge in [0, 0.05) is 12.8 Å². The number of carbonyl (C=O) groups is 2. The van der Waals surface area contributed by atoms with Gasteiger partial charge >= 0.3 is 11.9 Å². The van der Waals surface area contributed by atoms with Crippen LogP contribution in [0.15, 0.2) is 12.2 Å². The molecule has 4 atom stereocenters. The van der Waals surface area contributed by atoms with Crippen LogP contribution in [0.2, 0.25) is 0 Å². The maximum atomic E-state index is 12.9. The van der Waals surface area contributed by atoms with E-state index in [1.807, 2.05) is 0 Å². The zero-order chi connectivity index (χ0) is 25.9. The van der Waals surface area contributed by atoms with E-state index in [2.05, 4.69) is 45.3 Å². The van der Waals surface area contributed by atoms with Gasteiger partial charge in [0.2, 0.25) is 0 Å². The molecule has 1 rings (SSSR count). The van der Waals surface area contributed by atoms with E-state index >= 15 is 0 Å². The van der Waals surface area contributed by atoms with Gasteiger partial charge in [-0.05, 0) is 31.6 Å². The highest BCUT2D eigenvalue weighted by atomic mass is 16.6. The Morgan fingerprint density at radius 1 is 1.00 bits per heavy atom. The molecule has 1 N–H and O–H groups in total. The number of unbranched alkanes of at least 4 members (excludes halogenated alkanes) is 9. The van der Waals surface area contributed by atoms with Gasteiger partial charge in [0.1, 0.15) is 18.2 Å². The van der Waals surface area contributed by atoms with Crippen molar-refractivity contribution in [2.45, 2.75) is 142 Å². The Morgan fingerprint density at radius 3 is 2.29 bits per heavy atom. The number of cyclic esters (lactones) is 1. The Labute approximate surface area is 214 Å². The summed E-state index contributed by atoms with van der Waals surface area (Å²) < 4.78 is 11.4. The van der Waals surface area contributed by atoms with Gasteiger partial charge in [-0.25, -0.2) is 0 Å². The molecule has 1 aliphatic heterocycles. The minimum atomic E-state index is -0.511. The van der Waals surface area contributed by atoms with Crippen molar-refractivity contribution in [3.8, 4) is 0 Å². The van der Waals surface area contributed by atoms with Gasteiger partial charge in [-0.2, -0.15) is 5.48 Å². The van der Waals surface area contributed by atoms with E-state index in [4.69, 9.17) is 14.3 Å². The van der Waals surface area contributed by atoms with E-state index in [1.165, 1.54) is 58.5 Å². The molecule has 0 aromatic heterocycles. The predicted molar refractivity (Wildman–Crippen MR) is 142 cm³/mol. The fourth-order valence-corrected chi connectivity index (χ4v) is 4.62. The van der Waals surface area contributed by atoms with Crippen molar-refractivity contribution < 1.29 is 23.9 Å². The third kappa shape index (κ3) is 14.1. The van der Waals surface area contributed by atoms with Gasteiger partial charge in [-0.3, -0.25) is 9.59 Å². The van der Waals surface area contributed by atoms with Crippen molar-refractivity contribution in [3.63, 3.8) is 0 Å². The van der Waals surface area contributed by atoms with E-state index in [9.17, 15) is 9.59 Å². The summed E-state index contributed by atoms with van der Waals surface area (Å²) in [4.78, 5) is 30.0. The third-order valence-corrected chi connectivity index (χ3v) is 6.71. The van der Waals surface area contributed by atoms with E-state index < -0.39 is 6.04 Å². The number of carbonyl (C=O) groups excluding carboxylic acids is 2. The lowest BCUT2D eigenvalue weighted by atomic mass is 9.87. The quantitative estimate of drug-likeness (QED) is 0.0750. The molecule has 0 amide bonds. The maximum absolute atomic E-state index is 12.9. The first-order chi connectivity index (χ1) is 16.9. The molecule has 0 aromatic carbocycles. The minimum Gasteiger partial charge on any atom is -0.461 e. The number of rotatable bonds is 22. The van der Waals surface area contributed by atoms with Crippen LogP contribution in [-0.2, 0) is 23.9 Å². The van der Waals surface area contributed by atoms with Crippen LogP contribution in [0.25, 0.3) is 0 Å². The van der Waals surface area contributed by atoms with Crippen LogP contribution < -0.4 is 5.48 Å². The first-order valence-corrected chi connectivity index (χ1v) is 14.3. The van der Waals surface area contributed by atoms with Crippen LogP contribution in [0.1, 0.15) is 124 Å². The smallest absolute Gasteiger partial charge is 0.325 e. The standard InChI is InChI=1S/C29H53NO5/c1-6-8-10-12-13-14-15-16-17-19-24(34-29(32)26(30-33-5)21-23(3)4)22-27-25(28(31)35-27)20-18-11-9-7-2/h16-17,23-27,30H,6-15,18-22H2,1-5H3. The Balaban J connectivity index is 2.64. The number of nitrogens with one attached hydrogen (secondary N) is 1. The summed E-state index contributed by atoms with van der Waals surface area (Å²) >= 11 is 0. The summed E-state index contributed by atoms with van der Waals surface area (Å²) in [7, 11) is 1.51. The highest BCUT2D eigenvalue weighted by Crippen LogP contribution is 2.32. The summed E-state index contributed by atoms with van der Waals surface area (Å²) in [5.41, 5.74) is 2.78. The lowest BCUT2D eigenvalue weighted by Crippen LogP contribution is -2.48. The Hall–Kier alpha value is -1.40. The van der Waals surface area contributed by atoms with Gasteiger partial charge in [-0.1, -0.05) is 97.6 Å². The molecule has 6 heteroatoms. The molecule has 1 fully saturated rings. The van der Waals surface area contributed by atoms with Gasteiger partial charge in [0.05, 0.1) is 13.0 Å². The number of ether oxygens (including phenoxy) is 2. The molecule has 6 nitrogen and oxygen atoms in total. The van der Waals surface area contributed by atoms with E-state index in [0.29, 0.717) is 25.2 Å². The lowest BCUT2D eigenvalue weighted by molar-refractivity contribution is -0.190. The summed E-state index contributed by atoms with van der Waals surface area (Å²) in [5, 5.41) is 0. The SMILES string of the molecule is CCCCCCCCC=CCC(CC1OC(=O)C1CCCCCC)OC(=O)C(CC(C)C)NOC. The van der Waals surface area contributed by atoms with Crippen LogP contribution in [0.3, 0.4) is 0 Å². The van der Waals surface area contributed by atoms with Crippen LogP contribution >= 0.6 is 0 Å². The Kier molecular flexibility index (Phi) is 17.8. The van der Waals surface area contributed by atoms with E-state index in [1.54, 1.807) is 0 Å². The molecule has 0 saturated carbocycles. The molecule has 1 aliphatic rings. The van der Waals surface area contributed by atoms with Crippen molar-refractivity contribution in [3.05, 3.63) is 12.2 Å². The average Bonchev–Trinajstić information content (AvgIpc) is 2.81. The zero-order valence-corrected chi connectivity index (χ0v) is 23.2. The minimum absolute atomic E-state index is 0.0660. The monoisotopic (exact) mass is 495 g/mol. The Morgan fingerprint density at radius 2 is 1.66 bits per heavy atom. The average molecular weight is 496 g/mol. The van der Waals surface area contributed by atoms with E-state index in [-0.39, 0.29) is 30.1 Å². The first-order valence-electron chi connectivity index (χ1n) is 14.3. The lowest BCUT2D eigenvalue weighted by Gasteiger charge is -2.37. The second-order valence-electron chi connectivity index (χ2n) is 10.5. The van der Waals surface area contributed by atoms with Crippen molar-refractivity contribution in [2.75, 3.05) is 7.11 Å². The van der Waals surface area contributed by atoms with Gasteiger partial charge in [0.15, 0.2) is 0 Å². The topological polar surface area (TPSA) is 73.9 Å². The van der Waals surface area contributed by atoms with Gasteiger partial charge in [0.25, 0.3) is 0 Å². The normalized spacial score (nSPS) is 19.5. The van der Waals surface area contributed by atoms with Crippen LogP contribution in [0.5, 0.6) is 0 Å². The van der Waals surface area contributed by atoms with Gasteiger partial charge in [-0.15, -0.1) is 0 Å². The molecule has 4 unspecified atom stereocenters. The maximum Gasteiger partial charge on any atom is 0.325 e. The molecular weight excluding hydrogens is 442 g/mol. The zero-order valence-electron chi connectivity index (χ0n) is 23.2.